The van der Waals surface area contributed by atoms with Gasteiger partial charge in [0.15, 0.2) is 0 Å². The fourth-order valence-electron chi connectivity index (χ4n) is 3.18. The molecule has 0 bridgehead atoms. The highest BCUT2D eigenvalue weighted by Crippen LogP contribution is 2.26. The molecule has 5 nitrogen and oxygen atoms in total. The van der Waals surface area contributed by atoms with Crippen LogP contribution >= 0.6 is 0 Å². The third-order valence-corrected chi connectivity index (χ3v) is 6.45. The summed E-state index contributed by atoms with van der Waals surface area (Å²) in [4.78, 5) is 0. The van der Waals surface area contributed by atoms with Crippen LogP contribution in [0.2, 0.25) is 0 Å². The maximum absolute atomic E-state index is 12.8. The molecular formula is C14H29N3O2S. The quantitative estimate of drug-likeness (QED) is 0.755. The Morgan fingerprint density at radius 2 is 2.00 bits per heavy atom. The number of nitrogens with one attached hydrogen (secondary N) is 1. The van der Waals surface area contributed by atoms with Crippen molar-refractivity contribution in [1.82, 2.24) is 13.9 Å². The van der Waals surface area contributed by atoms with Crippen LogP contribution in [0.4, 0.5) is 0 Å². The molecule has 0 aromatic heterocycles. The first-order valence-electron chi connectivity index (χ1n) is 8.03. The summed E-state index contributed by atoms with van der Waals surface area (Å²) in [6, 6.07) is 0.135. The maximum Gasteiger partial charge on any atom is 0.282 e. The van der Waals surface area contributed by atoms with Crippen LogP contribution in [0.1, 0.15) is 46.0 Å². The summed E-state index contributed by atoms with van der Waals surface area (Å²) in [5.41, 5.74) is 0. The van der Waals surface area contributed by atoms with Gasteiger partial charge in [0.1, 0.15) is 0 Å². The molecule has 0 amide bonds. The first-order valence-corrected chi connectivity index (χ1v) is 9.43. The largest absolute Gasteiger partial charge is 0.315 e. The Hall–Kier alpha value is -0.170. The van der Waals surface area contributed by atoms with Crippen molar-refractivity contribution >= 4 is 10.2 Å². The molecular weight excluding hydrogens is 274 g/mol. The van der Waals surface area contributed by atoms with E-state index in [-0.39, 0.29) is 6.04 Å². The summed E-state index contributed by atoms with van der Waals surface area (Å²) in [5.74, 6) is 0.492. The van der Waals surface area contributed by atoms with Gasteiger partial charge in [0.05, 0.1) is 0 Å². The highest BCUT2D eigenvalue weighted by Gasteiger charge is 2.38. The Balaban J connectivity index is 2.02. The van der Waals surface area contributed by atoms with E-state index in [9.17, 15) is 8.42 Å². The third kappa shape index (κ3) is 3.72. The molecule has 20 heavy (non-hydrogen) atoms. The summed E-state index contributed by atoms with van der Waals surface area (Å²) in [6.45, 7) is 8.08. The molecule has 0 aliphatic carbocycles. The van der Waals surface area contributed by atoms with Crippen LogP contribution in [-0.2, 0) is 10.2 Å². The minimum absolute atomic E-state index is 0.135. The number of nitrogens with zero attached hydrogens (tertiary/aromatic N) is 2. The van der Waals surface area contributed by atoms with Gasteiger partial charge < -0.3 is 5.32 Å². The van der Waals surface area contributed by atoms with E-state index in [1.165, 1.54) is 0 Å². The monoisotopic (exact) mass is 303 g/mol. The van der Waals surface area contributed by atoms with E-state index in [0.29, 0.717) is 25.6 Å². The van der Waals surface area contributed by atoms with E-state index in [1.54, 1.807) is 8.61 Å². The molecule has 2 unspecified atom stereocenters. The topological polar surface area (TPSA) is 52.7 Å². The van der Waals surface area contributed by atoms with E-state index in [2.05, 4.69) is 19.2 Å². The molecule has 2 aliphatic rings. The van der Waals surface area contributed by atoms with Crippen LogP contribution in [0.5, 0.6) is 0 Å². The van der Waals surface area contributed by atoms with Crippen molar-refractivity contribution in [3.05, 3.63) is 0 Å². The smallest absolute Gasteiger partial charge is 0.282 e. The molecule has 2 aliphatic heterocycles. The Bertz CT molecular complexity index is 399. The minimum Gasteiger partial charge on any atom is -0.315 e. The van der Waals surface area contributed by atoms with Crippen molar-refractivity contribution in [3.8, 4) is 0 Å². The Morgan fingerprint density at radius 1 is 1.20 bits per heavy atom. The van der Waals surface area contributed by atoms with E-state index in [4.69, 9.17) is 0 Å². The molecule has 118 valence electrons. The second-order valence-corrected chi connectivity index (χ2v) is 8.11. The third-order valence-electron chi connectivity index (χ3n) is 4.39. The lowest BCUT2D eigenvalue weighted by molar-refractivity contribution is 0.230. The van der Waals surface area contributed by atoms with Crippen molar-refractivity contribution < 1.29 is 8.42 Å². The van der Waals surface area contributed by atoms with Crippen LogP contribution < -0.4 is 5.32 Å². The summed E-state index contributed by atoms with van der Waals surface area (Å²) >= 11 is 0. The lowest BCUT2D eigenvalue weighted by Gasteiger charge is -2.37. The van der Waals surface area contributed by atoms with Crippen LogP contribution in [0.25, 0.3) is 0 Å². The number of hydrogen-bond donors (Lipinski definition) is 1. The van der Waals surface area contributed by atoms with E-state index in [1.807, 2.05) is 0 Å². The fourth-order valence-corrected chi connectivity index (χ4v) is 5.17. The van der Waals surface area contributed by atoms with Gasteiger partial charge in [-0.25, -0.2) is 0 Å². The van der Waals surface area contributed by atoms with Gasteiger partial charge in [-0.05, 0) is 38.1 Å². The standard InChI is InChI=1S/C14H29N3O2S/c1-3-8-15-11-14-6-4-5-9-17(14)20(18,19)16-10-7-13(2)12-16/h13-15H,3-12H2,1-2H3. The van der Waals surface area contributed by atoms with Crippen LogP contribution in [-0.4, -0.2) is 55.8 Å². The molecule has 2 rings (SSSR count). The second kappa shape index (κ2) is 7.20. The summed E-state index contributed by atoms with van der Waals surface area (Å²) in [6.07, 6.45) is 5.20. The summed E-state index contributed by atoms with van der Waals surface area (Å²) in [7, 11) is -3.25. The normalized spacial score (nSPS) is 29.9. The first-order chi connectivity index (χ1) is 9.55. The lowest BCUT2D eigenvalue weighted by atomic mass is 10.1. The van der Waals surface area contributed by atoms with E-state index in [0.717, 1.165) is 45.2 Å². The maximum atomic E-state index is 12.8. The zero-order valence-electron chi connectivity index (χ0n) is 12.8. The van der Waals surface area contributed by atoms with E-state index >= 15 is 0 Å². The lowest BCUT2D eigenvalue weighted by Crippen LogP contribution is -2.53. The Labute approximate surface area is 123 Å². The van der Waals surface area contributed by atoms with Gasteiger partial charge in [-0.15, -0.1) is 0 Å². The molecule has 2 fully saturated rings. The molecule has 0 saturated carbocycles. The van der Waals surface area contributed by atoms with Gasteiger partial charge in [0.2, 0.25) is 0 Å². The average molecular weight is 303 g/mol. The number of rotatable bonds is 6. The van der Waals surface area contributed by atoms with Crippen LogP contribution in [0.15, 0.2) is 0 Å². The van der Waals surface area contributed by atoms with Crippen LogP contribution in [0, 0.1) is 5.92 Å². The zero-order valence-corrected chi connectivity index (χ0v) is 13.7. The molecule has 0 aromatic carbocycles. The van der Waals surface area contributed by atoms with E-state index < -0.39 is 10.2 Å². The van der Waals surface area contributed by atoms with Gasteiger partial charge in [-0.2, -0.15) is 17.0 Å². The van der Waals surface area contributed by atoms with Crippen molar-refractivity contribution in [2.24, 2.45) is 5.92 Å². The fraction of sp³-hybridized carbons (Fsp3) is 1.00. The van der Waals surface area contributed by atoms with Gasteiger partial charge in [-0.1, -0.05) is 20.3 Å². The molecule has 2 atom stereocenters. The van der Waals surface area contributed by atoms with Gasteiger partial charge in [0.25, 0.3) is 10.2 Å². The van der Waals surface area contributed by atoms with Crippen molar-refractivity contribution in [2.75, 3.05) is 32.7 Å². The zero-order chi connectivity index (χ0) is 14.6. The summed E-state index contributed by atoms with van der Waals surface area (Å²) < 4.78 is 29.1. The number of piperidine rings is 1. The molecule has 2 saturated heterocycles. The predicted molar refractivity (Wildman–Crippen MR) is 81.8 cm³/mol. The molecule has 1 N–H and O–H groups in total. The second-order valence-electron chi connectivity index (χ2n) is 6.22. The molecule has 0 aromatic rings. The minimum atomic E-state index is -3.25. The highest BCUT2D eigenvalue weighted by molar-refractivity contribution is 7.86. The average Bonchev–Trinajstić information content (AvgIpc) is 2.87. The molecule has 0 radical (unpaired) electrons. The van der Waals surface area contributed by atoms with Gasteiger partial charge in [0, 0.05) is 32.2 Å². The highest BCUT2D eigenvalue weighted by atomic mass is 32.2. The number of hydrogen-bond acceptors (Lipinski definition) is 3. The van der Waals surface area contributed by atoms with Crippen molar-refractivity contribution in [2.45, 2.75) is 52.0 Å². The first kappa shape index (κ1) is 16.2. The Morgan fingerprint density at radius 3 is 2.65 bits per heavy atom. The Kier molecular flexibility index (Phi) is 5.84. The SMILES string of the molecule is CCCNCC1CCCCN1S(=O)(=O)N1CCC(C)C1. The van der Waals surface area contributed by atoms with Crippen molar-refractivity contribution in [3.63, 3.8) is 0 Å². The van der Waals surface area contributed by atoms with Crippen molar-refractivity contribution in [1.29, 1.82) is 0 Å². The van der Waals surface area contributed by atoms with Gasteiger partial charge in [-0.3, -0.25) is 0 Å². The summed E-state index contributed by atoms with van der Waals surface area (Å²) in [5, 5.41) is 3.38. The van der Waals surface area contributed by atoms with Crippen LogP contribution in [0.3, 0.4) is 0 Å². The molecule has 2 heterocycles. The van der Waals surface area contributed by atoms with Gasteiger partial charge >= 0.3 is 0 Å². The predicted octanol–water partition coefficient (Wildman–Crippen LogP) is 1.43. The molecule has 6 heteroatoms. The molecule has 0 spiro atoms.